The normalized spacial score (nSPS) is 14.8. The summed E-state index contributed by atoms with van der Waals surface area (Å²) in [6.45, 7) is 7.99. The van der Waals surface area contributed by atoms with E-state index < -0.39 is 17.6 Å². The van der Waals surface area contributed by atoms with Crippen molar-refractivity contribution < 1.29 is 17.6 Å². The van der Waals surface area contributed by atoms with Crippen molar-refractivity contribution in [2.45, 2.75) is 39.4 Å². The number of fused-ring (bicyclic) bond motifs is 2. The SMILES string of the molecule is CCN(CC)CCCNc1cc2nc3n(c(=O)c2cc1F)CC/C3=C\c1ccc(C(F)(F)F)cc1. The summed E-state index contributed by atoms with van der Waals surface area (Å²) in [7, 11) is 0. The summed E-state index contributed by atoms with van der Waals surface area (Å²) < 4.78 is 54.7. The summed E-state index contributed by atoms with van der Waals surface area (Å²) in [4.78, 5) is 19.9. The summed E-state index contributed by atoms with van der Waals surface area (Å²) in [5.74, 6) is -0.0419. The van der Waals surface area contributed by atoms with E-state index in [-0.39, 0.29) is 10.9 Å². The molecule has 2 heterocycles. The molecule has 0 saturated carbocycles. The van der Waals surface area contributed by atoms with Crippen LogP contribution in [0.3, 0.4) is 0 Å². The summed E-state index contributed by atoms with van der Waals surface area (Å²) in [5.41, 5.74) is 0.973. The fraction of sp³-hybridized carbons (Fsp3) is 0.385. The Morgan fingerprint density at radius 3 is 2.51 bits per heavy atom. The molecule has 1 aliphatic rings. The third kappa shape index (κ3) is 5.40. The van der Waals surface area contributed by atoms with Gasteiger partial charge in [-0.3, -0.25) is 9.36 Å². The molecular formula is C26H28F4N4O. The zero-order chi connectivity index (χ0) is 25.2. The third-order valence-corrected chi connectivity index (χ3v) is 6.37. The molecule has 0 saturated heterocycles. The molecule has 1 aliphatic heterocycles. The van der Waals surface area contributed by atoms with Crippen molar-refractivity contribution in [2.24, 2.45) is 0 Å². The van der Waals surface area contributed by atoms with E-state index in [4.69, 9.17) is 0 Å². The molecule has 0 spiro atoms. The Bertz CT molecular complexity index is 1290. The van der Waals surface area contributed by atoms with Crippen molar-refractivity contribution in [2.75, 3.05) is 31.5 Å². The van der Waals surface area contributed by atoms with Crippen molar-refractivity contribution in [1.29, 1.82) is 0 Å². The first-order valence-electron chi connectivity index (χ1n) is 11.8. The summed E-state index contributed by atoms with van der Waals surface area (Å²) in [5, 5.41) is 3.31. The van der Waals surface area contributed by atoms with Gasteiger partial charge in [0.05, 0.1) is 22.2 Å². The highest BCUT2D eigenvalue weighted by atomic mass is 19.4. The van der Waals surface area contributed by atoms with Crippen molar-refractivity contribution >= 4 is 28.2 Å². The fourth-order valence-corrected chi connectivity index (χ4v) is 4.35. The molecule has 1 N–H and O–H groups in total. The largest absolute Gasteiger partial charge is 0.416 e. The minimum absolute atomic E-state index is 0.204. The number of alkyl halides is 3. The van der Waals surface area contributed by atoms with Gasteiger partial charge in [-0.05, 0) is 74.0 Å². The summed E-state index contributed by atoms with van der Waals surface area (Å²) >= 11 is 0. The van der Waals surface area contributed by atoms with Crippen LogP contribution in [0.1, 0.15) is 43.6 Å². The van der Waals surface area contributed by atoms with Gasteiger partial charge in [-0.2, -0.15) is 13.2 Å². The van der Waals surface area contributed by atoms with Crippen LogP contribution in [-0.2, 0) is 12.7 Å². The molecule has 186 valence electrons. The molecule has 0 fully saturated rings. The number of benzene rings is 2. The first kappa shape index (κ1) is 24.9. The van der Waals surface area contributed by atoms with Gasteiger partial charge in [0.15, 0.2) is 0 Å². The lowest BCUT2D eigenvalue weighted by Crippen LogP contribution is -2.25. The lowest BCUT2D eigenvalue weighted by molar-refractivity contribution is -0.137. The van der Waals surface area contributed by atoms with Crippen LogP contribution in [-0.4, -0.2) is 40.6 Å². The molecule has 35 heavy (non-hydrogen) atoms. The number of hydrogen-bond donors (Lipinski definition) is 1. The predicted octanol–water partition coefficient (Wildman–Crippen LogP) is 5.64. The van der Waals surface area contributed by atoms with Gasteiger partial charge in [-0.15, -0.1) is 0 Å². The highest BCUT2D eigenvalue weighted by molar-refractivity contribution is 5.86. The van der Waals surface area contributed by atoms with Gasteiger partial charge in [0.25, 0.3) is 5.56 Å². The highest BCUT2D eigenvalue weighted by Gasteiger charge is 2.30. The van der Waals surface area contributed by atoms with Crippen LogP contribution in [0, 0.1) is 5.82 Å². The molecular weight excluding hydrogens is 460 g/mol. The molecule has 4 rings (SSSR count). The molecule has 0 bridgehead atoms. The number of rotatable bonds is 8. The minimum Gasteiger partial charge on any atom is -0.383 e. The molecule has 9 heteroatoms. The first-order valence-corrected chi connectivity index (χ1v) is 11.8. The van der Waals surface area contributed by atoms with Crippen molar-refractivity contribution in [3.8, 4) is 0 Å². The zero-order valence-electron chi connectivity index (χ0n) is 19.8. The number of anilines is 1. The van der Waals surface area contributed by atoms with Crippen molar-refractivity contribution in [3.05, 3.63) is 69.5 Å². The van der Waals surface area contributed by atoms with Crippen LogP contribution in [0.25, 0.3) is 22.6 Å². The van der Waals surface area contributed by atoms with Gasteiger partial charge in [-0.25, -0.2) is 9.37 Å². The smallest absolute Gasteiger partial charge is 0.383 e. The Morgan fingerprint density at radius 1 is 1.14 bits per heavy atom. The number of hydrogen-bond acceptors (Lipinski definition) is 4. The lowest BCUT2D eigenvalue weighted by Gasteiger charge is -2.18. The van der Waals surface area contributed by atoms with Gasteiger partial charge in [0, 0.05) is 13.1 Å². The Kier molecular flexibility index (Phi) is 7.25. The minimum atomic E-state index is -4.40. The number of nitrogens with zero attached hydrogens (tertiary/aromatic N) is 3. The quantitative estimate of drug-likeness (QED) is 0.329. The average molecular weight is 489 g/mol. The van der Waals surface area contributed by atoms with Crippen LogP contribution in [0.2, 0.25) is 0 Å². The Hall–Kier alpha value is -3.20. The second-order valence-corrected chi connectivity index (χ2v) is 8.59. The van der Waals surface area contributed by atoms with Gasteiger partial charge in [0.1, 0.15) is 11.6 Å². The van der Waals surface area contributed by atoms with Crippen LogP contribution in [0.15, 0.2) is 41.2 Å². The van der Waals surface area contributed by atoms with E-state index in [0.717, 1.165) is 43.8 Å². The van der Waals surface area contributed by atoms with Crippen molar-refractivity contribution in [3.63, 3.8) is 0 Å². The lowest BCUT2D eigenvalue weighted by atomic mass is 10.1. The van der Waals surface area contributed by atoms with E-state index in [1.165, 1.54) is 22.8 Å². The third-order valence-electron chi connectivity index (χ3n) is 6.37. The Labute approximate surface area is 201 Å². The Morgan fingerprint density at radius 2 is 1.86 bits per heavy atom. The van der Waals surface area contributed by atoms with Gasteiger partial charge in [-0.1, -0.05) is 26.0 Å². The highest BCUT2D eigenvalue weighted by Crippen LogP contribution is 2.31. The fourth-order valence-electron chi connectivity index (χ4n) is 4.35. The summed E-state index contributed by atoms with van der Waals surface area (Å²) in [6.07, 6.45) is -1.29. The monoisotopic (exact) mass is 488 g/mol. The number of halogens is 4. The molecule has 3 aromatic rings. The van der Waals surface area contributed by atoms with E-state index in [9.17, 15) is 22.4 Å². The maximum atomic E-state index is 14.7. The number of nitrogens with one attached hydrogen (secondary N) is 1. The molecule has 0 unspecified atom stereocenters. The van der Waals surface area contributed by atoms with Crippen LogP contribution in [0.5, 0.6) is 0 Å². The molecule has 5 nitrogen and oxygen atoms in total. The first-order chi connectivity index (χ1) is 16.7. The maximum absolute atomic E-state index is 14.7. The van der Waals surface area contributed by atoms with E-state index in [2.05, 4.69) is 29.0 Å². The second kappa shape index (κ2) is 10.2. The van der Waals surface area contributed by atoms with E-state index in [1.54, 1.807) is 12.1 Å². The molecule has 0 amide bonds. The summed E-state index contributed by atoms with van der Waals surface area (Å²) in [6, 6.07) is 7.63. The molecule has 0 atom stereocenters. The van der Waals surface area contributed by atoms with Gasteiger partial charge < -0.3 is 10.2 Å². The van der Waals surface area contributed by atoms with E-state index in [1.807, 2.05) is 0 Å². The van der Waals surface area contributed by atoms with Crippen LogP contribution < -0.4 is 10.9 Å². The topological polar surface area (TPSA) is 50.2 Å². The van der Waals surface area contributed by atoms with E-state index in [0.29, 0.717) is 42.1 Å². The molecule has 0 aliphatic carbocycles. The Balaban J connectivity index is 1.60. The average Bonchev–Trinajstić information content (AvgIpc) is 3.22. The zero-order valence-corrected chi connectivity index (χ0v) is 19.8. The van der Waals surface area contributed by atoms with Gasteiger partial charge >= 0.3 is 6.18 Å². The van der Waals surface area contributed by atoms with Crippen molar-refractivity contribution in [1.82, 2.24) is 14.5 Å². The van der Waals surface area contributed by atoms with Crippen LogP contribution in [0.4, 0.5) is 23.2 Å². The predicted molar refractivity (Wildman–Crippen MR) is 131 cm³/mol. The number of aromatic nitrogens is 2. The number of allylic oxidation sites excluding steroid dienone is 1. The standard InChI is InChI=1S/C26H28F4N4O/c1-3-33(4-2)12-5-11-31-23-16-22-20(15-21(23)27)25(35)34-13-10-18(24(34)32-22)14-17-6-8-19(9-7-17)26(28,29)30/h6-9,14-16,31H,3-5,10-13H2,1-2H3/b18-14+. The molecule has 0 radical (unpaired) electrons. The van der Waals surface area contributed by atoms with E-state index >= 15 is 0 Å². The molecule has 1 aromatic heterocycles. The van der Waals surface area contributed by atoms with Crippen LogP contribution >= 0.6 is 0 Å². The van der Waals surface area contributed by atoms with Gasteiger partial charge in [0.2, 0.25) is 0 Å². The maximum Gasteiger partial charge on any atom is 0.416 e. The second-order valence-electron chi connectivity index (χ2n) is 8.59. The molecule has 2 aromatic carbocycles.